The van der Waals surface area contributed by atoms with Crippen LogP contribution >= 0.6 is 11.3 Å². The van der Waals surface area contributed by atoms with E-state index in [1.807, 2.05) is 11.3 Å². The van der Waals surface area contributed by atoms with Gasteiger partial charge in [-0.25, -0.2) is 0 Å². The van der Waals surface area contributed by atoms with Crippen LogP contribution in [0.4, 0.5) is 11.4 Å². The molecule has 0 bridgehead atoms. The number of anilines is 2. The zero-order valence-corrected chi connectivity index (χ0v) is 20.9. The minimum absolute atomic E-state index is 1.01. The Morgan fingerprint density at radius 2 is 1.41 bits per heavy atom. The van der Waals surface area contributed by atoms with E-state index in [1.54, 1.807) is 0 Å². The first-order chi connectivity index (χ1) is 18.4. The number of thiophene rings is 1. The van der Waals surface area contributed by atoms with E-state index >= 15 is 0 Å². The molecule has 0 N–H and O–H groups in total. The Balaban J connectivity index is 1.53. The van der Waals surface area contributed by atoms with Crippen molar-refractivity contribution in [2.75, 3.05) is 11.4 Å². The standard InChI is InChI=1S/C34H22N2S/c1-2-9-22(10-3-1)35-19-18-26-28(35)16-15-27-31(26)32-29(36-20-21-8-4-5-11-23(21)33(27)36)17-14-25-24-12-6-7-13-30(24)37-34(25)32/h1-17,20H,18-19H2. The maximum Gasteiger partial charge on any atom is 0.0613 e. The SMILES string of the molecule is c1ccc(N2CCc3c2ccc2c3c3c4sc5ccccc5c4ccc3n3cc4ccccc4c23)cc1. The summed E-state index contributed by atoms with van der Waals surface area (Å²) in [6.07, 6.45) is 3.38. The number of nitrogens with zero attached hydrogens (tertiary/aromatic N) is 2. The van der Waals surface area contributed by atoms with Gasteiger partial charge in [-0.05, 0) is 47.7 Å². The summed E-state index contributed by atoms with van der Waals surface area (Å²) in [4.78, 5) is 2.49. The van der Waals surface area contributed by atoms with Crippen molar-refractivity contribution in [1.29, 1.82) is 0 Å². The highest BCUT2D eigenvalue weighted by Gasteiger charge is 2.26. The predicted molar refractivity (Wildman–Crippen MR) is 160 cm³/mol. The fourth-order valence-electron chi connectivity index (χ4n) is 6.69. The van der Waals surface area contributed by atoms with Gasteiger partial charge < -0.3 is 9.30 Å². The molecule has 0 amide bonds. The largest absolute Gasteiger partial charge is 0.341 e. The topological polar surface area (TPSA) is 7.65 Å². The molecule has 3 aromatic heterocycles. The summed E-state index contributed by atoms with van der Waals surface area (Å²) in [6.45, 7) is 1.01. The van der Waals surface area contributed by atoms with Crippen molar-refractivity contribution in [3.63, 3.8) is 0 Å². The Bertz CT molecular complexity index is 2200. The number of aromatic nitrogens is 1. The molecule has 37 heavy (non-hydrogen) atoms. The van der Waals surface area contributed by atoms with E-state index < -0.39 is 0 Å². The molecule has 0 atom stereocenters. The lowest BCUT2D eigenvalue weighted by molar-refractivity contribution is 1.00. The highest BCUT2D eigenvalue weighted by atomic mass is 32.1. The first kappa shape index (κ1) is 19.8. The molecule has 1 aliphatic heterocycles. The van der Waals surface area contributed by atoms with Crippen LogP contribution in [0.1, 0.15) is 5.56 Å². The second kappa shape index (κ2) is 7.12. The van der Waals surface area contributed by atoms with Gasteiger partial charge in [0.2, 0.25) is 0 Å². The Hall–Kier alpha value is -4.34. The van der Waals surface area contributed by atoms with Crippen LogP contribution in [0, 0.1) is 0 Å². The normalized spacial score (nSPS) is 13.7. The van der Waals surface area contributed by atoms with E-state index in [-0.39, 0.29) is 0 Å². The third kappa shape index (κ3) is 2.54. The highest BCUT2D eigenvalue weighted by Crippen LogP contribution is 2.47. The van der Waals surface area contributed by atoms with Crippen molar-refractivity contribution in [1.82, 2.24) is 4.40 Å². The third-order valence-corrected chi connectivity index (χ3v) is 9.45. The van der Waals surface area contributed by atoms with Crippen molar-refractivity contribution in [3.8, 4) is 0 Å². The molecule has 174 valence electrons. The van der Waals surface area contributed by atoms with Crippen LogP contribution in [0.5, 0.6) is 0 Å². The number of fused-ring (bicyclic) bond motifs is 14. The van der Waals surface area contributed by atoms with Crippen LogP contribution in [0.15, 0.2) is 109 Å². The smallest absolute Gasteiger partial charge is 0.0613 e. The van der Waals surface area contributed by atoms with Crippen molar-refractivity contribution in [3.05, 3.63) is 115 Å². The maximum absolute atomic E-state index is 2.49. The van der Waals surface area contributed by atoms with Crippen LogP contribution in [0.2, 0.25) is 0 Å². The van der Waals surface area contributed by atoms with Crippen LogP contribution in [0.25, 0.3) is 58.1 Å². The molecule has 9 rings (SSSR count). The summed E-state index contributed by atoms with van der Waals surface area (Å²) in [5.41, 5.74) is 6.71. The van der Waals surface area contributed by atoms with E-state index in [2.05, 4.69) is 119 Å². The fourth-order valence-corrected chi connectivity index (χ4v) is 7.94. The Labute approximate surface area is 217 Å². The zero-order valence-electron chi connectivity index (χ0n) is 20.1. The summed E-state index contributed by atoms with van der Waals surface area (Å²) in [7, 11) is 0. The molecule has 0 radical (unpaired) electrons. The molecule has 0 saturated carbocycles. The number of pyridine rings is 1. The van der Waals surface area contributed by atoms with Gasteiger partial charge in [0.15, 0.2) is 0 Å². The van der Waals surface area contributed by atoms with Gasteiger partial charge in [-0.15, -0.1) is 11.3 Å². The minimum Gasteiger partial charge on any atom is -0.341 e. The van der Waals surface area contributed by atoms with Crippen molar-refractivity contribution < 1.29 is 0 Å². The van der Waals surface area contributed by atoms with Gasteiger partial charge in [0.05, 0.1) is 11.0 Å². The zero-order chi connectivity index (χ0) is 24.1. The summed E-state index contributed by atoms with van der Waals surface area (Å²) >= 11 is 1.94. The molecule has 3 heteroatoms. The molecule has 0 spiro atoms. The third-order valence-electron chi connectivity index (χ3n) is 8.25. The molecule has 2 nitrogen and oxygen atoms in total. The quantitative estimate of drug-likeness (QED) is 0.208. The molecular formula is C34H22N2S. The molecule has 0 aliphatic carbocycles. The number of hydrogen-bond donors (Lipinski definition) is 0. The van der Waals surface area contributed by atoms with E-state index in [4.69, 9.17) is 0 Å². The predicted octanol–water partition coefficient (Wildman–Crippen LogP) is 9.46. The highest BCUT2D eigenvalue weighted by molar-refractivity contribution is 7.26. The second-order valence-corrected chi connectivity index (χ2v) is 11.1. The van der Waals surface area contributed by atoms with Gasteiger partial charge in [0, 0.05) is 65.8 Å². The van der Waals surface area contributed by atoms with Gasteiger partial charge in [-0.3, -0.25) is 0 Å². The first-order valence-corrected chi connectivity index (χ1v) is 13.7. The lowest BCUT2D eigenvalue weighted by Crippen LogP contribution is -2.12. The molecule has 8 aromatic rings. The number of hydrogen-bond acceptors (Lipinski definition) is 2. The number of para-hydroxylation sites is 1. The molecule has 5 aromatic carbocycles. The molecular weight excluding hydrogens is 468 g/mol. The average molecular weight is 491 g/mol. The number of benzene rings is 5. The molecule has 4 heterocycles. The van der Waals surface area contributed by atoms with E-state index in [1.165, 1.54) is 75.1 Å². The first-order valence-electron chi connectivity index (χ1n) is 12.9. The van der Waals surface area contributed by atoms with E-state index in [0.717, 1.165) is 13.0 Å². The Morgan fingerprint density at radius 3 is 2.32 bits per heavy atom. The molecule has 0 fully saturated rings. The van der Waals surface area contributed by atoms with Gasteiger partial charge >= 0.3 is 0 Å². The van der Waals surface area contributed by atoms with Gasteiger partial charge in [0.25, 0.3) is 0 Å². The van der Waals surface area contributed by atoms with Gasteiger partial charge in [-0.1, -0.05) is 72.8 Å². The summed E-state index contributed by atoms with van der Waals surface area (Å²) in [5, 5.41) is 9.51. The minimum atomic E-state index is 1.01. The molecule has 0 unspecified atom stereocenters. The fraction of sp³-hybridized carbons (Fsp3) is 0.0588. The van der Waals surface area contributed by atoms with Crippen LogP contribution in [-0.4, -0.2) is 10.9 Å². The van der Waals surface area contributed by atoms with Crippen LogP contribution in [-0.2, 0) is 6.42 Å². The summed E-state index contributed by atoms with van der Waals surface area (Å²) < 4.78 is 5.20. The van der Waals surface area contributed by atoms with Crippen LogP contribution in [0.3, 0.4) is 0 Å². The van der Waals surface area contributed by atoms with Gasteiger partial charge in [0.1, 0.15) is 0 Å². The van der Waals surface area contributed by atoms with E-state index in [9.17, 15) is 0 Å². The lowest BCUT2D eigenvalue weighted by atomic mass is 9.96. The Kier molecular flexibility index (Phi) is 3.81. The maximum atomic E-state index is 2.49. The van der Waals surface area contributed by atoms with Crippen molar-refractivity contribution in [2.24, 2.45) is 0 Å². The Morgan fingerprint density at radius 1 is 0.622 bits per heavy atom. The lowest BCUT2D eigenvalue weighted by Gasteiger charge is -2.20. The number of rotatable bonds is 1. The van der Waals surface area contributed by atoms with Crippen molar-refractivity contribution >= 4 is 80.8 Å². The summed E-state index contributed by atoms with van der Waals surface area (Å²) in [6, 6.07) is 37.9. The molecule has 0 saturated heterocycles. The average Bonchev–Trinajstić information content (AvgIpc) is 3.66. The van der Waals surface area contributed by atoms with Crippen molar-refractivity contribution in [2.45, 2.75) is 6.42 Å². The molecule has 1 aliphatic rings. The summed E-state index contributed by atoms with van der Waals surface area (Å²) in [5.74, 6) is 0. The van der Waals surface area contributed by atoms with E-state index in [0.29, 0.717) is 0 Å². The monoisotopic (exact) mass is 490 g/mol. The second-order valence-electron chi connectivity index (χ2n) is 10.1. The van der Waals surface area contributed by atoms with Crippen LogP contribution < -0.4 is 4.90 Å². The van der Waals surface area contributed by atoms with Gasteiger partial charge in [-0.2, -0.15) is 0 Å².